The number of nitrogens with one attached hydrogen (secondary N) is 1. The first-order valence-electron chi connectivity index (χ1n) is 6.59. The van der Waals surface area contributed by atoms with Gasteiger partial charge in [-0.1, -0.05) is 18.2 Å². The first kappa shape index (κ1) is 16.1. The largest absolute Gasteiger partial charge is 0.389 e. The van der Waals surface area contributed by atoms with Gasteiger partial charge in [0, 0.05) is 18.2 Å². The van der Waals surface area contributed by atoms with E-state index in [-0.39, 0.29) is 24.1 Å². The van der Waals surface area contributed by atoms with E-state index in [4.69, 9.17) is 4.74 Å². The van der Waals surface area contributed by atoms with Crippen molar-refractivity contribution in [2.24, 2.45) is 0 Å². The zero-order valence-electron chi connectivity index (χ0n) is 12.1. The highest BCUT2D eigenvalue weighted by Gasteiger charge is 2.15. The van der Waals surface area contributed by atoms with E-state index in [1.807, 2.05) is 27.7 Å². The standard InChI is InChI=1S/C15H24FNO2/c1-11(13-7-5-6-8-14(13)16)17-9-12(18)10-19-15(2,3)4/h5-8,11-12,17-18H,9-10H2,1-4H3/t11-,12?/m1/s1. The van der Waals surface area contributed by atoms with E-state index in [9.17, 15) is 9.50 Å². The van der Waals surface area contributed by atoms with Crippen molar-refractivity contribution in [1.82, 2.24) is 5.32 Å². The SMILES string of the molecule is C[C@@H](NCC(O)COC(C)(C)C)c1ccccc1F. The molecule has 2 atom stereocenters. The number of ether oxygens (including phenoxy) is 1. The van der Waals surface area contributed by atoms with Crippen LogP contribution in [0, 0.1) is 5.82 Å². The van der Waals surface area contributed by atoms with Gasteiger partial charge in [0.1, 0.15) is 5.82 Å². The zero-order chi connectivity index (χ0) is 14.5. The average molecular weight is 269 g/mol. The number of aliphatic hydroxyl groups excluding tert-OH is 1. The van der Waals surface area contributed by atoms with Crippen molar-refractivity contribution in [3.05, 3.63) is 35.6 Å². The summed E-state index contributed by atoms with van der Waals surface area (Å²) in [6, 6.07) is 6.50. The molecule has 0 heterocycles. The Bertz CT molecular complexity index is 390. The smallest absolute Gasteiger partial charge is 0.127 e. The molecule has 0 saturated heterocycles. The summed E-state index contributed by atoms with van der Waals surface area (Å²) in [5.41, 5.74) is 0.337. The third-order valence-corrected chi connectivity index (χ3v) is 2.74. The highest BCUT2D eigenvalue weighted by Crippen LogP contribution is 2.16. The molecule has 0 saturated carbocycles. The van der Waals surface area contributed by atoms with E-state index in [2.05, 4.69) is 5.32 Å². The molecule has 108 valence electrons. The molecule has 1 unspecified atom stereocenters. The molecule has 0 aliphatic rings. The van der Waals surface area contributed by atoms with Crippen LogP contribution in [-0.4, -0.2) is 30.0 Å². The van der Waals surface area contributed by atoms with Gasteiger partial charge >= 0.3 is 0 Å². The molecule has 0 bridgehead atoms. The van der Waals surface area contributed by atoms with E-state index in [1.54, 1.807) is 18.2 Å². The van der Waals surface area contributed by atoms with Crippen LogP contribution >= 0.6 is 0 Å². The molecule has 0 aliphatic carbocycles. The Morgan fingerprint density at radius 2 is 1.95 bits per heavy atom. The predicted octanol–water partition coefficient (Wildman–Crippen LogP) is 2.65. The van der Waals surface area contributed by atoms with Crippen LogP contribution in [-0.2, 0) is 4.74 Å². The lowest BCUT2D eigenvalue weighted by atomic mass is 10.1. The van der Waals surface area contributed by atoms with Crippen molar-refractivity contribution < 1.29 is 14.2 Å². The van der Waals surface area contributed by atoms with E-state index < -0.39 is 6.10 Å². The molecule has 0 radical (unpaired) electrons. The normalized spacial score (nSPS) is 15.3. The van der Waals surface area contributed by atoms with Crippen LogP contribution in [0.1, 0.15) is 39.3 Å². The molecule has 4 heteroatoms. The van der Waals surface area contributed by atoms with Crippen molar-refractivity contribution in [1.29, 1.82) is 0 Å². The van der Waals surface area contributed by atoms with Gasteiger partial charge in [-0.05, 0) is 33.8 Å². The fourth-order valence-corrected chi connectivity index (χ4v) is 1.65. The molecule has 19 heavy (non-hydrogen) atoms. The average Bonchev–Trinajstić information content (AvgIpc) is 2.33. The van der Waals surface area contributed by atoms with Crippen LogP contribution in [0.3, 0.4) is 0 Å². The molecule has 0 spiro atoms. The molecular formula is C15H24FNO2. The summed E-state index contributed by atoms with van der Waals surface area (Å²) in [4.78, 5) is 0. The van der Waals surface area contributed by atoms with Crippen molar-refractivity contribution in [2.75, 3.05) is 13.2 Å². The topological polar surface area (TPSA) is 41.5 Å². The molecule has 0 aliphatic heterocycles. The van der Waals surface area contributed by atoms with Crippen molar-refractivity contribution in [3.63, 3.8) is 0 Å². The van der Waals surface area contributed by atoms with E-state index >= 15 is 0 Å². The van der Waals surface area contributed by atoms with E-state index in [1.165, 1.54) is 6.07 Å². The quantitative estimate of drug-likeness (QED) is 0.834. The summed E-state index contributed by atoms with van der Waals surface area (Å²) in [6.45, 7) is 8.32. The number of aliphatic hydroxyl groups is 1. The van der Waals surface area contributed by atoms with Gasteiger partial charge in [-0.15, -0.1) is 0 Å². The van der Waals surface area contributed by atoms with Gasteiger partial charge in [-0.25, -0.2) is 4.39 Å². The Morgan fingerprint density at radius 1 is 1.32 bits per heavy atom. The first-order chi connectivity index (χ1) is 8.79. The summed E-state index contributed by atoms with van der Waals surface area (Å²) in [6.07, 6.45) is -0.603. The Labute approximate surface area is 114 Å². The lowest BCUT2D eigenvalue weighted by molar-refractivity contribution is -0.0483. The summed E-state index contributed by atoms with van der Waals surface area (Å²) < 4.78 is 19.0. The zero-order valence-corrected chi connectivity index (χ0v) is 12.1. The van der Waals surface area contributed by atoms with Crippen molar-refractivity contribution in [2.45, 2.75) is 45.4 Å². The lowest BCUT2D eigenvalue weighted by Crippen LogP contribution is -2.35. The van der Waals surface area contributed by atoms with Gasteiger partial charge in [-0.3, -0.25) is 0 Å². The Kier molecular flexibility index (Phi) is 5.91. The van der Waals surface area contributed by atoms with E-state index in [0.29, 0.717) is 12.1 Å². The molecule has 0 fully saturated rings. The third kappa shape index (κ3) is 6.14. The second-order valence-electron chi connectivity index (χ2n) is 5.73. The molecule has 2 N–H and O–H groups in total. The maximum Gasteiger partial charge on any atom is 0.127 e. The fraction of sp³-hybridized carbons (Fsp3) is 0.600. The Hall–Kier alpha value is -0.970. The maximum absolute atomic E-state index is 13.5. The maximum atomic E-state index is 13.5. The summed E-state index contributed by atoms with van der Waals surface area (Å²) in [5, 5.41) is 12.9. The van der Waals surface area contributed by atoms with Gasteiger partial charge in [-0.2, -0.15) is 0 Å². The van der Waals surface area contributed by atoms with Crippen LogP contribution in [0.25, 0.3) is 0 Å². The molecule has 3 nitrogen and oxygen atoms in total. The minimum atomic E-state index is -0.603. The minimum Gasteiger partial charge on any atom is -0.389 e. The van der Waals surface area contributed by atoms with Crippen LogP contribution in [0.4, 0.5) is 4.39 Å². The van der Waals surface area contributed by atoms with Crippen LogP contribution in [0.5, 0.6) is 0 Å². The first-order valence-corrected chi connectivity index (χ1v) is 6.59. The van der Waals surface area contributed by atoms with Gasteiger partial charge in [0.05, 0.1) is 18.3 Å². The predicted molar refractivity (Wildman–Crippen MR) is 74.5 cm³/mol. The number of rotatable bonds is 6. The molecule has 1 aromatic carbocycles. The van der Waals surface area contributed by atoms with E-state index in [0.717, 1.165) is 0 Å². The monoisotopic (exact) mass is 269 g/mol. The summed E-state index contributed by atoms with van der Waals surface area (Å²) in [5.74, 6) is -0.233. The van der Waals surface area contributed by atoms with Gasteiger partial charge in [0.25, 0.3) is 0 Å². The highest BCUT2D eigenvalue weighted by atomic mass is 19.1. The van der Waals surface area contributed by atoms with Crippen LogP contribution in [0.15, 0.2) is 24.3 Å². The summed E-state index contributed by atoms with van der Waals surface area (Å²) in [7, 11) is 0. The van der Waals surface area contributed by atoms with Crippen LogP contribution < -0.4 is 5.32 Å². The number of hydrogen-bond donors (Lipinski definition) is 2. The number of hydrogen-bond acceptors (Lipinski definition) is 3. The molecule has 0 amide bonds. The van der Waals surface area contributed by atoms with Crippen molar-refractivity contribution in [3.8, 4) is 0 Å². The van der Waals surface area contributed by atoms with Crippen molar-refractivity contribution >= 4 is 0 Å². The Balaban J connectivity index is 2.38. The van der Waals surface area contributed by atoms with Gasteiger partial charge in [0.2, 0.25) is 0 Å². The van der Waals surface area contributed by atoms with Gasteiger partial charge in [0.15, 0.2) is 0 Å². The molecule has 0 aromatic heterocycles. The lowest BCUT2D eigenvalue weighted by Gasteiger charge is -2.23. The summed E-state index contributed by atoms with van der Waals surface area (Å²) >= 11 is 0. The third-order valence-electron chi connectivity index (χ3n) is 2.74. The number of benzene rings is 1. The molecule has 1 rings (SSSR count). The second-order valence-corrected chi connectivity index (χ2v) is 5.73. The molecule has 1 aromatic rings. The minimum absolute atomic E-state index is 0.148. The fourth-order valence-electron chi connectivity index (χ4n) is 1.65. The Morgan fingerprint density at radius 3 is 2.53 bits per heavy atom. The molecular weight excluding hydrogens is 245 g/mol. The highest BCUT2D eigenvalue weighted by molar-refractivity contribution is 5.20. The van der Waals surface area contributed by atoms with Crippen LogP contribution in [0.2, 0.25) is 0 Å². The number of halogens is 1. The second kappa shape index (κ2) is 6.98. The van der Waals surface area contributed by atoms with Gasteiger partial charge < -0.3 is 15.2 Å².